The number of fused-ring (bicyclic) bond motifs is 2. The number of allylic oxidation sites excluding steroid dienone is 2. The highest BCUT2D eigenvalue weighted by Gasteiger charge is 2.45. The Morgan fingerprint density at radius 2 is 2.17 bits per heavy atom. The van der Waals surface area contributed by atoms with Crippen LogP contribution in [0, 0.1) is 11.8 Å². The Morgan fingerprint density at radius 3 is 2.94 bits per heavy atom. The smallest absolute Gasteiger partial charge is 0.306 e. The van der Waals surface area contributed by atoms with E-state index in [1.165, 1.54) is 4.86 Å². The minimum atomic E-state index is 0.0107. The fourth-order valence-electron chi connectivity index (χ4n) is 3.93. The van der Waals surface area contributed by atoms with Crippen LogP contribution >= 0.6 is 12.2 Å². The third kappa shape index (κ3) is 2.03. The largest absolute Gasteiger partial charge is 0.462 e. The monoisotopic (exact) mass is 264 g/mol. The average molecular weight is 264 g/mol. The Bertz CT molecular complexity index is 424. The van der Waals surface area contributed by atoms with E-state index in [9.17, 15) is 4.79 Å². The molecule has 3 unspecified atom stereocenters. The van der Waals surface area contributed by atoms with Crippen LogP contribution in [0.25, 0.3) is 0 Å². The molecule has 2 nitrogen and oxygen atoms in total. The van der Waals surface area contributed by atoms with Gasteiger partial charge in [-0.25, -0.2) is 0 Å². The SMILES string of the molecule is CCCC1OC(=O)CC2C3=C(CC(=S)CC3)CC12. The van der Waals surface area contributed by atoms with Gasteiger partial charge in [0.05, 0.1) is 6.42 Å². The highest BCUT2D eigenvalue weighted by molar-refractivity contribution is 7.80. The van der Waals surface area contributed by atoms with Gasteiger partial charge in [-0.3, -0.25) is 4.79 Å². The summed E-state index contributed by atoms with van der Waals surface area (Å²) in [5.74, 6) is 1.03. The minimum absolute atomic E-state index is 0.0107. The lowest BCUT2D eigenvalue weighted by Gasteiger charge is -2.34. The molecule has 0 aromatic heterocycles. The number of hydrogen-bond acceptors (Lipinski definition) is 3. The van der Waals surface area contributed by atoms with Gasteiger partial charge in [0.2, 0.25) is 0 Å². The molecule has 0 saturated carbocycles. The van der Waals surface area contributed by atoms with Crippen LogP contribution < -0.4 is 0 Å². The number of ether oxygens (including phenoxy) is 1. The highest BCUT2D eigenvalue weighted by Crippen LogP contribution is 2.49. The van der Waals surface area contributed by atoms with Crippen molar-refractivity contribution in [3.63, 3.8) is 0 Å². The lowest BCUT2D eigenvalue weighted by molar-refractivity contribution is -0.161. The van der Waals surface area contributed by atoms with Gasteiger partial charge in [0, 0.05) is 5.92 Å². The quantitative estimate of drug-likeness (QED) is 0.433. The van der Waals surface area contributed by atoms with E-state index in [1.54, 1.807) is 11.1 Å². The van der Waals surface area contributed by atoms with Gasteiger partial charge < -0.3 is 4.74 Å². The molecule has 3 atom stereocenters. The van der Waals surface area contributed by atoms with Gasteiger partial charge in [0.1, 0.15) is 6.10 Å². The Morgan fingerprint density at radius 1 is 1.33 bits per heavy atom. The lowest BCUT2D eigenvalue weighted by Crippen LogP contribution is -2.37. The maximum atomic E-state index is 11.8. The topological polar surface area (TPSA) is 26.3 Å². The fourth-order valence-corrected chi connectivity index (χ4v) is 4.21. The van der Waals surface area contributed by atoms with E-state index in [4.69, 9.17) is 17.0 Å². The number of thiocarbonyl (C=S) groups is 1. The number of carbonyl (C=O) groups excluding carboxylic acids is 1. The number of cyclic esters (lactones) is 1. The van der Waals surface area contributed by atoms with Crippen LogP contribution in [0.15, 0.2) is 11.1 Å². The van der Waals surface area contributed by atoms with Crippen LogP contribution in [0.4, 0.5) is 0 Å². The normalized spacial score (nSPS) is 35.3. The fraction of sp³-hybridized carbons (Fsp3) is 0.733. The van der Waals surface area contributed by atoms with Crippen molar-refractivity contribution in [1.82, 2.24) is 0 Å². The molecule has 1 fully saturated rings. The summed E-state index contributed by atoms with van der Waals surface area (Å²) in [4.78, 5) is 13.0. The summed E-state index contributed by atoms with van der Waals surface area (Å²) < 4.78 is 5.58. The predicted molar refractivity (Wildman–Crippen MR) is 74.5 cm³/mol. The van der Waals surface area contributed by atoms with Gasteiger partial charge in [-0.2, -0.15) is 0 Å². The lowest BCUT2D eigenvalue weighted by atomic mass is 9.79. The number of rotatable bonds is 2. The molecule has 0 bridgehead atoms. The van der Waals surface area contributed by atoms with Crippen LogP contribution in [-0.2, 0) is 9.53 Å². The van der Waals surface area contributed by atoms with Crippen molar-refractivity contribution in [2.24, 2.45) is 11.8 Å². The molecule has 3 aliphatic rings. The van der Waals surface area contributed by atoms with Crippen LogP contribution in [0.1, 0.15) is 51.9 Å². The van der Waals surface area contributed by atoms with E-state index in [0.717, 1.165) is 38.5 Å². The van der Waals surface area contributed by atoms with Crippen LogP contribution in [0.3, 0.4) is 0 Å². The summed E-state index contributed by atoms with van der Waals surface area (Å²) in [5, 5.41) is 0. The Balaban J connectivity index is 1.84. The molecule has 0 amide bonds. The van der Waals surface area contributed by atoms with E-state index >= 15 is 0 Å². The minimum Gasteiger partial charge on any atom is -0.462 e. The van der Waals surface area contributed by atoms with Gasteiger partial charge in [-0.05, 0) is 42.9 Å². The molecule has 3 rings (SSSR count). The molecule has 98 valence electrons. The van der Waals surface area contributed by atoms with Crippen LogP contribution in [-0.4, -0.2) is 16.9 Å². The van der Waals surface area contributed by atoms with Crippen LogP contribution in [0.5, 0.6) is 0 Å². The maximum absolute atomic E-state index is 11.8. The first-order valence-electron chi connectivity index (χ1n) is 7.11. The summed E-state index contributed by atoms with van der Waals surface area (Å²) in [6, 6.07) is 0. The van der Waals surface area contributed by atoms with Crippen molar-refractivity contribution in [1.29, 1.82) is 0 Å². The van der Waals surface area contributed by atoms with E-state index < -0.39 is 0 Å². The molecular weight excluding hydrogens is 244 g/mol. The first kappa shape index (κ1) is 12.3. The molecule has 0 radical (unpaired) electrons. The summed E-state index contributed by atoms with van der Waals surface area (Å²) >= 11 is 5.37. The second kappa shape index (κ2) is 4.76. The highest BCUT2D eigenvalue weighted by atomic mass is 32.1. The Hall–Kier alpha value is -0.700. The first-order valence-corrected chi connectivity index (χ1v) is 7.51. The Kier molecular flexibility index (Phi) is 3.27. The molecule has 2 aliphatic carbocycles. The zero-order chi connectivity index (χ0) is 12.7. The summed E-state index contributed by atoms with van der Waals surface area (Å²) in [6.07, 6.45) is 7.13. The van der Waals surface area contributed by atoms with E-state index in [2.05, 4.69) is 6.92 Å². The van der Waals surface area contributed by atoms with Gasteiger partial charge in [0.15, 0.2) is 0 Å². The van der Waals surface area contributed by atoms with Crippen molar-refractivity contribution in [2.75, 3.05) is 0 Å². The van der Waals surface area contributed by atoms with Gasteiger partial charge >= 0.3 is 5.97 Å². The molecule has 0 N–H and O–H groups in total. The maximum Gasteiger partial charge on any atom is 0.306 e. The molecule has 1 heterocycles. The zero-order valence-corrected chi connectivity index (χ0v) is 11.7. The molecule has 1 aliphatic heterocycles. The Labute approximate surface area is 114 Å². The number of hydrogen-bond donors (Lipinski definition) is 0. The number of carbonyl (C=O) groups is 1. The summed E-state index contributed by atoms with van der Waals surface area (Å²) in [5.41, 5.74) is 3.10. The van der Waals surface area contributed by atoms with Gasteiger partial charge in [-0.1, -0.05) is 36.7 Å². The van der Waals surface area contributed by atoms with Crippen molar-refractivity contribution >= 4 is 23.1 Å². The first-order chi connectivity index (χ1) is 8.69. The summed E-state index contributed by atoms with van der Waals surface area (Å²) in [7, 11) is 0. The molecule has 1 saturated heterocycles. The third-order valence-corrected chi connectivity index (χ3v) is 5.05. The molecular formula is C15H20O2S. The number of esters is 1. The standard InChI is InChI=1S/C15H20O2S/c1-2-3-14-13-7-9-6-10(18)4-5-11(9)12(13)8-15(16)17-14/h12-14H,2-8H2,1H3. The molecule has 0 spiro atoms. The molecule has 0 aromatic rings. The third-order valence-electron chi connectivity index (χ3n) is 4.70. The van der Waals surface area contributed by atoms with Crippen molar-refractivity contribution in [2.45, 2.75) is 58.0 Å². The molecule has 0 aromatic carbocycles. The van der Waals surface area contributed by atoms with Crippen molar-refractivity contribution < 1.29 is 9.53 Å². The molecule has 3 heteroatoms. The van der Waals surface area contributed by atoms with Gasteiger partial charge in [-0.15, -0.1) is 0 Å². The van der Waals surface area contributed by atoms with E-state index in [0.29, 0.717) is 18.3 Å². The second-order valence-corrected chi connectivity index (χ2v) is 6.42. The average Bonchev–Trinajstić information content (AvgIpc) is 2.67. The van der Waals surface area contributed by atoms with Crippen molar-refractivity contribution in [3.05, 3.63) is 11.1 Å². The summed E-state index contributed by atoms with van der Waals surface area (Å²) in [6.45, 7) is 2.16. The van der Waals surface area contributed by atoms with Crippen LogP contribution in [0.2, 0.25) is 0 Å². The van der Waals surface area contributed by atoms with Gasteiger partial charge in [0.25, 0.3) is 0 Å². The molecule has 18 heavy (non-hydrogen) atoms. The van der Waals surface area contributed by atoms with E-state index in [-0.39, 0.29) is 12.1 Å². The predicted octanol–water partition coefficient (Wildman–Crippen LogP) is 3.59. The second-order valence-electron chi connectivity index (χ2n) is 5.84. The van der Waals surface area contributed by atoms with Crippen molar-refractivity contribution in [3.8, 4) is 0 Å². The van der Waals surface area contributed by atoms with E-state index in [1.807, 2.05) is 0 Å². The zero-order valence-electron chi connectivity index (χ0n) is 10.9.